The molecular weight excluding hydrogens is 323 g/mol. The Morgan fingerprint density at radius 1 is 1.41 bits per heavy atom. The third-order valence-electron chi connectivity index (χ3n) is 3.89. The number of amides is 2. The van der Waals surface area contributed by atoms with Crippen LogP contribution in [0.15, 0.2) is 18.2 Å². The van der Waals surface area contributed by atoms with E-state index in [1.165, 1.54) is 6.92 Å². The molecule has 6 heteroatoms. The fourth-order valence-electron chi connectivity index (χ4n) is 2.82. The lowest BCUT2D eigenvalue weighted by atomic mass is 10.1. The van der Waals surface area contributed by atoms with Crippen LogP contribution in [0.5, 0.6) is 0 Å². The summed E-state index contributed by atoms with van der Waals surface area (Å²) in [4.78, 5) is 25.5. The second-order valence-electron chi connectivity index (χ2n) is 5.72. The topological polar surface area (TPSA) is 49.4 Å². The SMILES string of the molecule is CC(=O)N1CCC[C@@H]1C(=O)N[C@@H](C)Cc1ccc(Cl)cc1Cl. The molecule has 4 nitrogen and oxygen atoms in total. The van der Waals surface area contributed by atoms with Crippen molar-refractivity contribution in [2.75, 3.05) is 6.54 Å². The Hall–Kier alpha value is -1.26. The fourth-order valence-corrected chi connectivity index (χ4v) is 3.31. The normalized spacial score (nSPS) is 19.1. The minimum absolute atomic E-state index is 0.0500. The summed E-state index contributed by atoms with van der Waals surface area (Å²) >= 11 is 12.0. The number of hydrogen-bond donors (Lipinski definition) is 1. The zero-order valence-corrected chi connectivity index (χ0v) is 14.2. The Bertz CT molecular complexity index is 577. The third kappa shape index (κ3) is 4.14. The van der Waals surface area contributed by atoms with E-state index in [9.17, 15) is 9.59 Å². The maximum Gasteiger partial charge on any atom is 0.243 e. The lowest BCUT2D eigenvalue weighted by Crippen LogP contribution is -2.48. The smallest absolute Gasteiger partial charge is 0.243 e. The Morgan fingerprint density at radius 2 is 2.14 bits per heavy atom. The van der Waals surface area contributed by atoms with E-state index >= 15 is 0 Å². The van der Waals surface area contributed by atoms with Gasteiger partial charge in [-0.3, -0.25) is 9.59 Å². The van der Waals surface area contributed by atoms with Crippen LogP contribution in [0.4, 0.5) is 0 Å². The lowest BCUT2D eigenvalue weighted by Gasteiger charge is -2.24. The maximum absolute atomic E-state index is 12.3. The van der Waals surface area contributed by atoms with Gasteiger partial charge in [-0.15, -0.1) is 0 Å². The van der Waals surface area contributed by atoms with E-state index < -0.39 is 0 Å². The molecular formula is C16H20Cl2N2O2. The molecule has 2 amide bonds. The zero-order valence-electron chi connectivity index (χ0n) is 12.7. The molecule has 0 radical (unpaired) electrons. The molecule has 2 rings (SSSR count). The summed E-state index contributed by atoms with van der Waals surface area (Å²) in [6.45, 7) is 4.09. The molecule has 0 bridgehead atoms. The summed E-state index contributed by atoms with van der Waals surface area (Å²) in [5.41, 5.74) is 0.939. The van der Waals surface area contributed by atoms with E-state index in [1.807, 2.05) is 13.0 Å². The van der Waals surface area contributed by atoms with Gasteiger partial charge in [0, 0.05) is 29.6 Å². The molecule has 1 aromatic carbocycles. The van der Waals surface area contributed by atoms with Gasteiger partial charge in [0.05, 0.1) is 0 Å². The number of halogens is 2. The maximum atomic E-state index is 12.3. The lowest BCUT2D eigenvalue weighted by molar-refractivity contribution is -0.137. The van der Waals surface area contributed by atoms with Crippen LogP contribution in [0.1, 0.15) is 32.3 Å². The molecule has 1 N–H and O–H groups in total. The van der Waals surface area contributed by atoms with Crippen LogP contribution in [0.25, 0.3) is 0 Å². The van der Waals surface area contributed by atoms with Crippen molar-refractivity contribution in [2.24, 2.45) is 0 Å². The molecule has 1 aliphatic heterocycles. The van der Waals surface area contributed by atoms with Crippen molar-refractivity contribution in [2.45, 2.75) is 45.2 Å². The molecule has 120 valence electrons. The highest BCUT2D eigenvalue weighted by molar-refractivity contribution is 6.35. The molecule has 22 heavy (non-hydrogen) atoms. The number of rotatable bonds is 4. The van der Waals surface area contributed by atoms with Gasteiger partial charge in [-0.2, -0.15) is 0 Å². The highest BCUT2D eigenvalue weighted by Gasteiger charge is 2.32. The Morgan fingerprint density at radius 3 is 2.77 bits per heavy atom. The quantitative estimate of drug-likeness (QED) is 0.914. The van der Waals surface area contributed by atoms with Crippen LogP contribution in [-0.2, 0) is 16.0 Å². The Kier molecular flexibility index (Phi) is 5.70. The Balaban J connectivity index is 1.95. The van der Waals surface area contributed by atoms with Gasteiger partial charge in [0.2, 0.25) is 11.8 Å². The predicted molar refractivity (Wildman–Crippen MR) is 88.2 cm³/mol. The van der Waals surface area contributed by atoms with E-state index in [-0.39, 0.29) is 23.9 Å². The largest absolute Gasteiger partial charge is 0.352 e. The van der Waals surface area contributed by atoms with Crippen molar-refractivity contribution in [3.05, 3.63) is 33.8 Å². The Labute approximate surface area is 140 Å². The van der Waals surface area contributed by atoms with E-state index in [0.717, 1.165) is 18.4 Å². The average molecular weight is 343 g/mol. The molecule has 1 aromatic rings. The summed E-state index contributed by atoms with van der Waals surface area (Å²) in [6, 6.07) is 4.93. The van der Waals surface area contributed by atoms with E-state index in [2.05, 4.69) is 5.32 Å². The predicted octanol–water partition coefficient (Wildman–Crippen LogP) is 3.05. The zero-order chi connectivity index (χ0) is 16.3. The van der Waals surface area contributed by atoms with Gasteiger partial charge in [-0.1, -0.05) is 29.3 Å². The number of nitrogens with one attached hydrogen (secondary N) is 1. The molecule has 1 saturated heterocycles. The summed E-state index contributed by atoms with van der Waals surface area (Å²) in [6.07, 6.45) is 2.21. The standard InChI is InChI=1S/C16H20Cl2N2O2/c1-10(8-12-5-6-13(17)9-14(12)18)19-16(22)15-4-3-7-20(15)11(2)21/h5-6,9-10,15H,3-4,7-8H2,1-2H3,(H,19,22)/t10-,15+/m0/s1. The molecule has 0 aliphatic carbocycles. The summed E-state index contributed by atoms with van der Waals surface area (Å²) in [5, 5.41) is 4.16. The third-order valence-corrected chi connectivity index (χ3v) is 4.48. The van der Waals surface area contributed by atoms with Gasteiger partial charge in [0.1, 0.15) is 6.04 Å². The number of carbonyl (C=O) groups is 2. The van der Waals surface area contributed by atoms with Crippen molar-refractivity contribution in [1.29, 1.82) is 0 Å². The number of hydrogen-bond acceptors (Lipinski definition) is 2. The average Bonchev–Trinajstić information content (AvgIpc) is 2.91. The number of benzene rings is 1. The van der Waals surface area contributed by atoms with E-state index in [1.54, 1.807) is 17.0 Å². The highest BCUT2D eigenvalue weighted by Crippen LogP contribution is 2.22. The molecule has 1 heterocycles. The van der Waals surface area contributed by atoms with Gasteiger partial charge in [-0.05, 0) is 43.9 Å². The van der Waals surface area contributed by atoms with Crippen molar-refractivity contribution < 1.29 is 9.59 Å². The first-order chi connectivity index (χ1) is 10.4. The van der Waals surface area contributed by atoms with Gasteiger partial charge in [0.15, 0.2) is 0 Å². The first-order valence-electron chi connectivity index (χ1n) is 7.40. The van der Waals surface area contributed by atoms with Gasteiger partial charge in [-0.25, -0.2) is 0 Å². The van der Waals surface area contributed by atoms with Crippen LogP contribution in [0.3, 0.4) is 0 Å². The minimum Gasteiger partial charge on any atom is -0.352 e. The molecule has 0 spiro atoms. The molecule has 1 aliphatic rings. The van der Waals surface area contributed by atoms with E-state index in [0.29, 0.717) is 23.0 Å². The van der Waals surface area contributed by atoms with Crippen LogP contribution < -0.4 is 5.32 Å². The molecule has 0 saturated carbocycles. The molecule has 0 aromatic heterocycles. The van der Waals surface area contributed by atoms with Crippen LogP contribution in [0, 0.1) is 0 Å². The van der Waals surface area contributed by atoms with Crippen molar-refractivity contribution in [3.63, 3.8) is 0 Å². The second-order valence-corrected chi connectivity index (χ2v) is 6.56. The van der Waals surface area contributed by atoms with Crippen LogP contribution in [-0.4, -0.2) is 35.3 Å². The molecule has 1 fully saturated rings. The highest BCUT2D eigenvalue weighted by atomic mass is 35.5. The molecule has 0 unspecified atom stereocenters. The number of nitrogens with zero attached hydrogens (tertiary/aromatic N) is 1. The first-order valence-corrected chi connectivity index (χ1v) is 8.15. The summed E-state index contributed by atoms with van der Waals surface area (Å²) in [5.74, 6) is -0.142. The number of likely N-dealkylation sites (tertiary alicyclic amines) is 1. The number of carbonyl (C=O) groups excluding carboxylic acids is 2. The summed E-state index contributed by atoms with van der Waals surface area (Å²) in [7, 11) is 0. The van der Waals surface area contributed by atoms with Crippen molar-refractivity contribution in [3.8, 4) is 0 Å². The summed E-state index contributed by atoms with van der Waals surface area (Å²) < 4.78 is 0. The first kappa shape index (κ1) is 17.1. The van der Waals surface area contributed by atoms with Gasteiger partial charge >= 0.3 is 0 Å². The fraction of sp³-hybridized carbons (Fsp3) is 0.500. The van der Waals surface area contributed by atoms with Crippen molar-refractivity contribution >= 4 is 35.0 Å². The minimum atomic E-state index is -0.347. The van der Waals surface area contributed by atoms with Gasteiger partial charge in [0.25, 0.3) is 0 Å². The van der Waals surface area contributed by atoms with Crippen LogP contribution >= 0.6 is 23.2 Å². The molecule has 2 atom stereocenters. The van der Waals surface area contributed by atoms with Crippen LogP contribution in [0.2, 0.25) is 10.0 Å². The van der Waals surface area contributed by atoms with Gasteiger partial charge < -0.3 is 10.2 Å². The van der Waals surface area contributed by atoms with E-state index in [4.69, 9.17) is 23.2 Å². The monoisotopic (exact) mass is 342 g/mol. The second kappa shape index (κ2) is 7.34. The van der Waals surface area contributed by atoms with Crippen molar-refractivity contribution in [1.82, 2.24) is 10.2 Å².